The summed E-state index contributed by atoms with van der Waals surface area (Å²) in [5, 5.41) is 21.4. The monoisotopic (exact) mass is 498 g/mol. The van der Waals surface area contributed by atoms with Crippen molar-refractivity contribution < 1.29 is 19.6 Å². The van der Waals surface area contributed by atoms with E-state index in [0.29, 0.717) is 37.9 Å². The van der Waals surface area contributed by atoms with Crippen molar-refractivity contribution >= 4 is 34.8 Å². The van der Waals surface area contributed by atoms with Crippen LogP contribution in [0.5, 0.6) is 0 Å². The van der Waals surface area contributed by atoms with E-state index in [9.17, 15) is 20.0 Å². The molecular formula is C25H20Cl2N2O5. The summed E-state index contributed by atoms with van der Waals surface area (Å²) in [6, 6.07) is 17.9. The third-order valence-electron chi connectivity index (χ3n) is 5.64. The molecule has 0 bridgehead atoms. The SMILES string of the molecule is C=C(CO)COC1(c2ccc(Cl)cc2)c2c(Cl)cccc2C(=O)N1Cc1ccc([N+](=O)[O-])cc1. The molecule has 0 aromatic heterocycles. The van der Waals surface area contributed by atoms with Crippen molar-refractivity contribution in [2.24, 2.45) is 0 Å². The summed E-state index contributed by atoms with van der Waals surface area (Å²) in [6.07, 6.45) is 0. The van der Waals surface area contributed by atoms with Crippen LogP contribution < -0.4 is 0 Å². The predicted octanol–water partition coefficient (Wildman–Crippen LogP) is 5.32. The zero-order chi connectivity index (χ0) is 24.5. The topological polar surface area (TPSA) is 92.9 Å². The van der Waals surface area contributed by atoms with Crippen LogP contribution >= 0.6 is 23.2 Å². The molecule has 4 rings (SSSR count). The maximum atomic E-state index is 13.7. The Labute approximate surface area is 205 Å². The molecule has 1 aliphatic rings. The molecule has 1 unspecified atom stereocenters. The Morgan fingerprint density at radius 3 is 2.38 bits per heavy atom. The summed E-state index contributed by atoms with van der Waals surface area (Å²) in [6.45, 7) is 3.55. The zero-order valence-corrected chi connectivity index (χ0v) is 19.4. The van der Waals surface area contributed by atoms with E-state index in [1.165, 1.54) is 17.0 Å². The molecule has 3 aromatic carbocycles. The van der Waals surface area contributed by atoms with Gasteiger partial charge in [0, 0.05) is 45.4 Å². The molecule has 1 amide bonds. The Morgan fingerprint density at radius 1 is 1.09 bits per heavy atom. The number of aliphatic hydroxyl groups excluding tert-OH is 1. The lowest BCUT2D eigenvalue weighted by Gasteiger charge is -2.40. The summed E-state index contributed by atoms with van der Waals surface area (Å²) in [5.41, 5.74) is 1.01. The van der Waals surface area contributed by atoms with Crippen LogP contribution in [0.25, 0.3) is 0 Å². The van der Waals surface area contributed by atoms with Crippen molar-refractivity contribution in [1.29, 1.82) is 0 Å². The third-order valence-corrected chi connectivity index (χ3v) is 6.21. The van der Waals surface area contributed by atoms with Gasteiger partial charge in [-0.05, 0) is 35.4 Å². The van der Waals surface area contributed by atoms with Gasteiger partial charge in [-0.15, -0.1) is 0 Å². The number of nitro benzene ring substituents is 1. The fourth-order valence-electron chi connectivity index (χ4n) is 4.02. The van der Waals surface area contributed by atoms with E-state index >= 15 is 0 Å². The second-order valence-electron chi connectivity index (χ2n) is 7.82. The van der Waals surface area contributed by atoms with Gasteiger partial charge in [-0.25, -0.2) is 0 Å². The number of fused-ring (bicyclic) bond motifs is 1. The van der Waals surface area contributed by atoms with E-state index in [0.717, 1.165) is 0 Å². The second kappa shape index (κ2) is 9.56. The molecule has 0 saturated heterocycles. The highest BCUT2D eigenvalue weighted by molar-refractivity contribution is 6.32. The average Bonchev–Trinajstić information content (AvgIpc) is 3.08. The van der Waals surface area contributed by atoms with Gasteiger partial charge < -0.3 is 9.84 Å². The van der Waals surface area contributed by atoms with Crippen molar-refractivity contribution in [1.82, 2.24) is 4.90 Å². The lowest BCUT2D eigenvalue weighted by atomic mass is 9.93. The quantitative estimate of drug-likeness (QED) is 0.257. The number of hydrogen-bond acceptors (Lipinski definition) is 5. The molecule has 0 saturated carbocycles. The Hall–Kier alpha value is -3.23. The van der Waals surface area contributed by atoms with E-state index in [-0.39, 0.29) is 31.4 Å². The lowest BCUT2D eigenvalue weighted by molar-refractivity contribution is -0.384. The van der Waals surface area contributed by atoms with Gasteiger partial charge in [-0.3, -0.25) is 19.8 Å². The van der Waals surface area contributed by atoms with Crippen molar-refractivity contribution in [2.75, 3.05) is 13.2 Å². The summed E-state index contributed by atoms with van der Waals surface area (Å²) < 4.78 is 6.40. The van der Waals surface area contributed by atoms with E-state index in [1.54, 1.807) is 54.6 Å². The molecule has 3 aromatic rings. The predicted molar refractivity (Wildman–Crippen MR) is 129 cm³/mol. The number of ether oxygens (including phenoxy) is 1. The van der Waals surface area contributed by atoms with Crippen LogP contribution in [0, 0.1) is 10.1 Å². The van der Waals surface area contributed by atoms with Crippen LogP contribution in [-0.2, 0) is 17.0 Å². The molecule has 1 atom stereocenters. The molecule has 0 spiro atoms. The summed E-state index contributed by atoms with van der Waals surface area (Å²) in [4.78, 5) is 25.8. The molecule has 0 aliphatic carbocycles. The van der Waals surface area contributed by atoms with Gasteiger partial charge >= 0.3 is 0 Å². The van der Waals surface area contributed by atoms with Gasteiger partial charge in [0.25, 0.3) is 11.6 Å². The number of non-ortho nitro benzene ring substituents is 1. The van der Waals surface area contributed by atoms with Crippen molar-refractivity contribution in [3.8, 4) is 0 Å². The first-order valence-corrected chi connectivity index (χ1v) is 11.1. The average molecular weight is 499 g/mol. The Balaban J connectivity index is 1.90. The van der Waals surface area contributed by atoms with E-state index in [4.69, 9.17) is 27.9 Å². The number of benzene rings is 3. The van der Waals surface area contributed by atoms with Crippen LogP contribution in [0.15, 0.2) is 78.9 Å². The second-order valence-corrected chi connectivity index (χ2v) is 8.67. The van der Waals surface area contributed by atoms with Gasteiger partial charge in [0.15, 0.2) is 5.72 Å². The summed E-state index contributed by atoms with van der Waals surface area (Å²) in [5.74, 6) is -0.319. The maximum absolute atomic E-state index is 13.7. The van der Waals surface area contributed by atoms with E-state index in [2.05, 4.69) is 6.58 Å². The van der Waals surface area contributed by atoms with Crippen LogP contribution in [0.1, 0.15) is 27.0 Å². The first kappa shape index (κ1) is 23.9. The van der Waals surface area contributed by atoms with Crippen LogP contribution in [0.2, 0.25) is 10.0 Å². The number of rotatable bonds is 8. The number of nitro groups is 1. The van der Waals surface area contributed by atoms with Gasteiger partial charge in [-0.2, -0.15) is 0 Å². The largest absolute Gasteiger partial charge is 0.392 e. The van der Waals surface area contributed by atoms with E-state index in [1.807, 2.05) is 0 Å². The van der Waals surface area contributed by atoms with Crippen LogP contribution in [0.3, 0.4) is 0 Å². The van der Waals surface area contributed by atoms with Crippen molar-refractivity contribution in [3.63, 3.8) is 0 Å². The smallest absolute Gasteiger partial charge is 0.269 e. The van der Waals surface area contributed by atoms with Crippen molar-refractivity contribution in [3.05, 3.63) is 121 Å². The molecule has 1 aliphatic heterocycles. The molecular weight excluding hydrogens is 479 g/mol. The number of amides is 1. The minimum Gasteiger partial charge on any atom is -0.392 e. The zero-order valence-electron chi connectivity index (χ0n) is 17.9. The van der Waals surface area contributed by atoms with E-state index < -0.39 is 10.6 Å². The van der Waals surface area contributed by atoms with Gasteiger partial charge in [0.1, 0.15) is 0 Å². The molecule has 7 nitrogen and oxygen atoms in total. The fourth-order valence-corrected chi connectivity index (χ4v) is 4.45. The Bertz CT molecular complexity index is 1260. The molecule has 174 valence electrons. The molecule has 1 N–H and O–H groups in total. The maximum Gasteiger partial charge on any atom is 0.269 e. The minimum atomic E-state index is -1.45. The molecule has 0 fully saturated rings. The number of carbonyl (C=O) groups is 1. The number of nitrogens with zero attached hydrogens (tertiary/aromatic N) is 2. The fraction of sp³-hybridized carbons (Fsp3) is 0.160. The Kier molecular flexibility index (Phi) is 6.72. The number of halogens is 2. The van der Waals surface area contributed by atoms with Gasteiger partial charge in [0.05, 0.1) is 18.1 Å². The summed E-state index contributed by atoms with van der Waals surface area (Å²) in [7, 11) is 0. The van der Waals surface area contributed by atoms with Gasteiger partial charge in [0.2, 0.25) is 0 Å². The number of hydrogen-bond donors (Lipinski definition) is 1. The minimum absolute atomic E-state index is 0.0478. The first-order chi connectivity index (χ1) is 16.3. The highest BCUT2D eigenvalue weighted by Gasteiger charge is 2.53. The highest BCUT2D eigenvalue weighted by Crippen LogP contribution is 2.49. The normalized spacial score (nSPS) is 17.0. The summed E-state index contributed by atoms with van der Waals surface area (Å²) >= 11 is 12.8. The highest BCUT2D eigenvalue weighted by atomic mass is 35.5. The van der Waals surface area contributed by atoms with Crippen molar-refractivity contribution in [2.45, 2.75) is 12.3 Å². The lowest BCUT2D eigenvalue weighted by Crippen LogP contribution is -2.47. The number of aliphatic hydroxyl groups is 1. The molecule has 0 radical (unpaired) electrons. The molecule has 1 heterocycles. The van der Waals surface area contributed by atoms with Gasteiger partial charge in [-0.1, -0.05) is 60.1 Å². The first-order valence-electron chi connectivity index (χ1n) is 10.3. The van der Waals surface area contributed by atoms with Crippen LogP contribution in [0.4, 0.5) is 5.69 Å². The Morgan fingerprint density at radius 2 is 1.76 bits per heavy atom. The standard InChI is InChI=1S/C25H20Cl2N2O5/c1-16(14-30)15-34-25(18-7-9-19(26)10-8-18)23-21(3-2-4-22(23)27)24(31)28(25)13-17-5-11-20(12-6-17)29(32)33/h2-12,30H,1,13-15H2. The number of carbonyl (C=O) groups excluding carboxylic acids is 1. The molecule has 9 heteroatoms. The van der Waals surface area contributed by atoms with Crippen LogP contribution in [-0.4, -0.2) is 34.1 Å². The molecule has 34 heavy (non-hydrogen) atoms. The third kappa shape index (κ3) is 4.19.